The van der Waals surface area contributed by atoms with Gasteiger partial charge in [-0.2, -0.15) is 10.4 Å². The van der Waals surface area contributed by atoms with Crippen LogP contribution in [-0.4, -0.2) is 18.9 Å². The van der Waals surface area contributed by atoms with Crippen LogP contribution in [0.4, 0.5) is 15.9 Å². The van der Waals surface area contributed by atoms with Gasteiger partial charge in [0, 0.05) is 14.1 Å². The van der Waals surface area contributed by atoms with Gasteiger partial charge in [0.2, 0.25) is 0 Å². The predicted octanol–water partition coefficient (Wildman–Crippen LogP) is 1.33. The number of aromatic nitrogens is 4. The number of rotatable bonds is 3. The molecule has 0 amide bonds. The summed E-state index contributed by atoms with van der Waals surface area (Å²) in [4.78, 5) is 24.3. The Morgan fingerprint density at radius 3 is 2.54 bits per heavy atom. The highest BCUT2D eigenvalue weighted by Gasteiger charge is 2.18. The quantitative estimate of drug-likeness (QED) is 0.765. The van der Waals surface area contributed by atoms with Gasteiger partial charge >= 0.3 is 5.69 Å². The lowest BCUT2D eigenvalue weighted by molar-refractivity contribution is 0.608. The average Bonchev–Trinajstić information content (AvgIpc) is 2.99. The van der Waals surface area contributed by atoms with Crippen LogP contribution in [0.2, 0.25) is 0 Å². The molecule has 0 saturated heterocycles. The molecule has 1 aromatic carbocycles. The standard InChI is InChI=1S/C17H15FN6O2/c1-10-13(9-20-24(10)14-7-5-4-6-12(14)18)21-15-11(8-19)16(25)23(3)17(26)22(15)2/h4-7,9,21H,1-3H3. The third kappa shape index (κ3) is 2.57. The van der Waals surface area contributed by atoms with E-state index in [1.807, 2.05) is 6.07 Å². The number of nitriles is 1. The van der Waals surface area contributed by atoms with Crippen LogP contribution in [0.25, 0.3) is 5.69 Å². The summed E-state index contributed by atoms with van der Waals surface area (Å²) in [7, 11) is 2.75. The molecule has 8 nitrogen and oxygen atoms in total. The van der Waals surface area contributed by atoms with Crippen LogP contribution < -0.4 is 16.6 Å². The summed E-state index contributed by atoms with van der Waals surface area (Å²) in [5, 5.41) is 16.4. The van der Waals surface area contributed by atoms with Crippen molar-refractivity contribution in [3.63, 3.8) is 0 Å². The van der Waals surface area contributed by atoms with Crippen molar-refractivity contribution in [2.75, 3.05) is 5.32 Å². The molecule has 2 aromatic heterocycles. The highest BCUT2D eigenvalue weighted by atomic mass is 19.1. The van der Waals surface area contributed by atoms with E-state index in [1.165, 1.54) is 35.6 Å². The van der Waals surface area contributed by atoms with Crippen molar-refractivity contribution < 1.29 is 4.39 Å². The Labute approximate surface area is 147 Å². The van der Waals surface area contributed by atoms with Crippen LogP contribution >= 0.6 is 0 Å². The molecular formula is C17H15FN6O2. The number of halogens is 1. The third-order valence-electron chi connectivity index (χ3n) is 4.12. The number of nitrogens with zero attached hydrogens (tertiary/aromatic N) is 5. The topological polar surface area (TPSA) is 97.6 Å². The molecule has 0 bridgehead atoms. The molecule has 1 N–H and O–H groups in total. The summed E-state index contributed by atoms with van der Waals surface area (Å²) in [6.45, 7) is 1.70. The zero-order valence-electron chi connectivity index (χ0n) is 14.3. The van der Waals surface area contributed by atoms with Crippen molar-refractivity contribution in [2.24, 2.45) is 14.1 Å². The highest BCUT2D eigenvalue weighted by Crippen LogP contribution is 2.23. The van der Waals surface area contributed by atoms with Crippen LogP contribution in [0.15, 0.2) is 40.1 Å². The summed E-state index contributed by atoms with van der Waals surface area (Å²) < 4.78 is 17.4. The fourth-order valence-electron chi connectivity index (χ4n) is 2.62. The molecular weight excluding hydrogens is 339 g/mol. The minimum atomic E-state index is -0.697. The second kappa shape index (κ2) is 6.33. The summed E-state index contributed by atoms with van der Waals surface area (Å²) in [6.07, 6.45) is 1.44. The van der Waals surface area contributed by atoms with Gasteiger partial charge in [-0.15, -0.1) is 0 Å². The van der Waals surface area contributed by atoms with Crippen molar-refractivity contribution in [3.8, 4) is 11.8 Å². The summed E-state index contributed by atoms with van der Waals surface area (Å²) >= 11 is 0. The number of anilines is 2. The van der Waals surface area contributed by atoms with E-state index >= 15 is 0 Å². The lowest BCUT2D eigenvalue weighted by atomic mass is 10.2. The van der Waals surface area contributed by atoms with Crippen molar-refractivity contribution in [2.45, 2.75) is 6.92 Å². The van der Waals surface area contributed by atoms with Crippen molar-refractivity contribution in [1.82, 2.24) is 18.9 Å². The SMILES string of the molecule is Cc1c(Nc2c(C#N)c(=O)n(C)c(=O)n2C)cnn1-c1ccccc1F. The van der Waals surface area contributed by atoms with E-state index in [-0.39, 0.29) is 17.1 Å². The molecule has 2 heterocycles. The fraction of sp³-hybridized carbons (Fsp3) is 0.176. The van der Waals surface area contributed by atoms with Gasteiger partial charge in [-0.1, -0.05) is 12.1 Å². The molecule has 0 fully saturated rings. The lowest BCUT2D eigenvalue weighted by Gasteiger charge is -2.13. The third-order valence-corrected chi connectivity index (χ3v) is 4.12. The Balaban J connectivity index is 2.13. The van der Waals surface area contributed by atoms with Gasteiger partial charge in [0.1, 0.15) is 23.4 Å². The molecule has 0 aliphatic carbocycles. The molecule has 0 aliphatic heterocycles. The van der Waals surface area contributed by atoms with Crippen LogP contribution in [0, 0.1) is 24.1 Å². The number of hydrogen-bond donors (Lipinski definition) is 1. The first-order chi connectivity index (χ1) is 12.4. The van der Waals surface area contributed by atoms with Crippen LogP contribution in [0.3, 0.4) is 0 Å². The van der Waals surface area contributed by atoms with Gasteiger partial charge in [-0.05, 0) is 19.1 Å². The first-order valence-corrected chi connectivity index (χ1v) is 7.63. The largest absolute Gasteiger partial charge is 0.337 e. The van der Waals surface area contributed by atoms with Crippen LogP contribution in [0.5, 0.6) is 0 Å². The Morgan fingerprint density at radius 1 is 1.19 bits per heavy atom. The summed E-state index contributed by atoms with van der Waals surface area (Å²) in [5.41, 5.74) is -0.225. The maximum Gasteiger partial charge on any atom is 0.332 e. The Morgan fingerprint density at radius 2 is 1.88 bits per heavy atom. The van der Waals surface area contributed by atoms with E-state index in [4.69, 9.17) is 0 Å². The van der Waals surface area contributed by atoms with Gasteiger partial charge < -0.3 is 5.32 Å². The van der Waals surface area contributed by atoms with Crippen molar-refractivity contribution in [3.05, 3.63) is 68.4 Å². The molecule has 0 unspecified atom stereocenters. The molecule has 132 valence electrons. The minimum absolute atomic E-state index is 0.0526. The maximum atomic E-state index is 14.0. The van der Waals surface area contributed by atoms with Crippen molar-refractivity contribution in [1.29, 1.82) is 5.26 Å². The van der Waals surface area contributed by atoms with Crippen LogP contribution in [0.1, 0.15) is 11.3 Å². The second-order valence-electron chi connectivity index (χ2n) is 5.67. The normalized spacial score (nSPS) is 10.6. The average molecular weight is 354 g/mol. The van der Waals surface area contributed by atoms with Gasteiger partial charge in [0.05, 0.1) is 17.6 Å². The molecule has 3 aromatic rings. The van der Waals surface area contributed by atoms with Crippen LogP contribution in [-0.2, 0) is 14.1 Å². The first-order valence-electron chi connectivity index (χ1n) is 7.63. The van der Waals surface area contributed by atoms with E-state index < -0.39 is 17.1 Å². The number of para-hydroxylation sites is 1. The molecule has 0 spiro atoms. The van der Waals surface area contributed by atoms with Gasteiger partial charge in [-0.25, -0.2) is 13.9 Å². The Kier molecular flexibility index (Phi) is 4.18. The first kappa shape index (κ1) is 17.2. The van der Waals surface area contributed by atoms with E-state index in [2.05, 4.69) is 10.4 Å². The zero-order valence-corrected chi connectivity index (χ0v) is 14.3. The highest BCUT2D eigenvalue weighted by molar-refractivity contribution is 5.64. The van der Waals surface area contributed by atoms with E-state index in [0.29, 0.717) is 11.4 Å². The smallest absolute Gasteiger partial charge is 0.332 e. The number of nitrogens with one attached hydrogen (secondary N) is 1. The predicted molar refractivity (Wildman–Crippen MR) is 93.2 cm³/mol. The maximum absolute atomic E-state index is 14.0. The zero-order chi connectivity index (χ0) is 19.0. The summed E-state index contributed by atoms with van der Waals surface area (Å²) in [6, 6.07) is 7.98. The van der Waals surface area contributed by atoms with E-state index in [1.54, 1.807) is 25.1 Å². The van der Waals surface area contributed by atoms with Crippen molar-refractivity contribution >= 4 is 11.5 Å². The fourth-order valence-corrected chi connectivity index (χ4v) is 2.62. The van der Waals surface area contributed by atoms with E-state index in [0.717, 1.165) is 4.57 Å². The molecule has 0 saturated carbocycles. The molecule has 0 atom stereocenters. The van der Waals surface area contributed by atoms with Gasteiger partial charge in [0.25, 0.3) is 5.56 Å². The molecule has 26 heavy (non-hydrogen) atoms. The molecule has 0 aliphatic rings. The molecule has 9 heteroatoms. The minimum Gasteiger partial charge on any atom is -0.337 e. The lowest BCUT2D eigenvalue weighted by Crippen LogP contribution is -2.39. The van der Waals surface area contributed by atoms with E-state index in [9.17, 15) is 19.2 Å². The molecule has 3 rings (SSSR count). The van der Waals surface area contributed by atoms with Gasteiger partial charge in [0.15, 0.2) is 5.56 Å². The molecule has 0 radical (unpaired) electrons. The summed E-state index contributed by atoms with van der Waals surface area (Å²) in [5.74, 6) is -0.388. The van der Waals surface area contributed by atoms with Gasteiger partial charge in [-0.3, -0.25) is 13.9 Å². The Bertz CT molecular complexity index is 1170. The number of benzene rings is 1. The second-order valence-corrected chi connectivity index (χ2v) is 5.67. The number of hydrogen-bond acceptors (Lipinski definition) is 5. The Hall–Kier alpha value is -3.67. The monoisotopic (exact) mass is 354 g/mol.